The summed E-state index contributed by atoms with van der Waals surface area (Å²) in [4.78, 5) is 45.0. The number of Topliss-reactive ketones (excluding diaryl/α,β-unsaturated/α-hetero) is 1. The molecule has 70 valence electrons. The van der Waals surface area contributed by atoms with Crippen LogP contribution in [0.3, 0.4) is 0 Å². The third kappa shape index (κ3) is 1.42. The molecule has 6 heteroatoms. The van der Waals surface area contributed by atoms with Crippen LogP contribution in [0.25, 0.3) is 0 Å². The second-order valence-electron chi connectivity index (χ2n) is 2.74. The Bertz CT molecular complexity index is 310. The molecule has 0 unspecified atom stereocenters. The predicted molar refractivity (Wildman–Crippen MR) is 40.6 cm³/mol. The first kappa shape index (κ1) is 9.37. The van der Waals surface area contributed by atoms with Gasteiger partial charge < -0.3 is 0 Å². The Kier molecular flexibility index (Phi) is 2.14. The van der Waals surface area contributed by atoms with Gasteiger partial charge in [0.15, 0.2) is 0 Å². The lowest BCUT2D eigenvalue weighted by Gasteiger charge is -2.09. The number of hydrogen-bond donors (Lipinski definition) is 0. The van der Waals surface area contributed by atoms with E-state index in [1.807, 2.05) is 0 Å². The molecular formula is C7H8N2O4. The van der Waals surface area contributed by atoms with Gasteiger partial charge in [0.1, 0.15) is 5.78 Å². The van der Waals surface area contributed by atoms with Crippen molar-refractivity contribution in [1.29, 1.82) is 0 Å². The molecule has 1 fully saturated rings. The van der Waals surface area contributed by atoms with Crippen LogP contribution in [0.2, 0.25) is 0 Å². The molecule has 0 aromatic rings. The van der Waals surface area contributed by atoms with E-state index in [-0.39, 0.29) is 12.3 Å². The van der Waals surface area contributed by atoms with E-state index in [0.717, 1.165) is 0 Å². The maximum atomic E-state index is 11.1. The van der Waals surface area contributed by atoms with E-state index in [9.17, 15) is 19.2 Å². The summed E-state index contributed by atoms with van der Waals surface area (Å²) in [6.45, 7) is 0.900. The molecule has 4 amide bonds. The summed E-state index contributed by atoms with van der Waals surface area (Å²) in [7, 11) is 1.20. The first-order chi connectivity index (χ1) is 5.95. The lowest BCUT2D eigenvalue weighted by Crippen LogP contribution is -2.35. The number of carbonyl (C=O) groups excluding carboxylic acids is 4. The number of likely N-dealkylation sites (N-methyl/N-ethyl adjacent to an activating group) is 1. The second-order valence-corrected chi connectivity index (χ2v) is 2.74. The van der Waals surface area contributed by atoms with Gasteiger partial charge in [0.05, 0.1) is 6.54 Å². The van der Waals surface area contributed by atoms with Crippen molar-refractivity contribution in [2.45, 2.75) is 6.92 Å². The Hall–Kier alpha value is -1.72. The van der Waals surface area contributed by atoms with E-state index in [0.29, 0.717) is 9.80 Å². The molecule has 0 N–H and O–H groups in total. The van der Waals surface area contributed by atoms with Gasteiger partial charge in [-0.1, -0.05) is 0 Å². The third-order valence-electron chi connectivity index (χ3n) is 1.63. The number of imide groups is 2. The minimum atomic E-state index is -0.942. The van der Waals surface area contributed by atoms with Crippen LogP contribution in [0.5, 0.6) is 0 Å². The third-order valence-corrected chi connectivity index (χ3v) is 1.63. The quantitative estimate of drug-likeness (QED) is 0.407. The number of hydrogen-bond acceptors (Lipinski definition) is 4. The van der Waals surface area contributed by atoms with Crippen molar-refractivity contribution in [3.63, 3.8) is 0 Å². The Balaban J connectivity index is 2.88. The van der Waals surface area contributed by atoms with E-state index < -0.39 is 17.8 Å². The van der Waals surface area contributed by atoms with E-state index in [4.69, 9.17) is 0 Å². The summed E-state index contributed by atoms with van der Waals surface area (Å²) in [6.07, 6.45) is 0. The SMILES string of the molecule is CC(=O)CN1C(=O)C(=O)N(C)C1=O. The fourth-order valence-corrected chi connectivity index (χ4v) is 0.976. The molecule has 0 saturated carbocycles. The molecule has 0 spiro atoms. The average molecular weight is 184 g/mol. The van der Waals surface area contributed by atoms with Gasteiger partial charge in [-0.2, -0.15) is 0 Å². The van der Waals surface area contributed by atoms with Crippen LogP contribution in [0.1, 0.15) is 6.92 Å². The molecule has 1 aliphatic rings. The Labute approximate surface area is 74.1 Å². The second kappa shape index (κ2) is 2.96. The van der Waals surface area contributed by atoms with Gasteiger partial charge in [-0.3, -0.25) is 19.3 Å². The van der Waals surface area contributed by atoms with E-state index in [1.165, 1.54) is 14.0 Å². The van der Waals surface area contributed by atoms with Gasteiger partial charge in [-0.05, 0) is 6.92 Å². The molecule has 0 radical (unpaired) electrons. The van der Waals surface area contributed by atoms with Gasteiger partial charge in [0.25, 0.3) is 0 Å². The average Bonchev–Trinajstić information content (AvgIpc) is 2.22. The minimum absolute atomic E-state index is 0.340. The lowest BCUT2D eigenvalue weighted by atomic mass is 10.4. The van der Waals surface area contributed by atoms with Gasteiger partial charge in [-0.25, -0.2) is 9.69 Å². The number of urea groups is 1. The first-order valence-corrected chi connectivity index (χ1v) is 3.58. The highest BCUT2D eigenvalue weighted by atomic mass is 16.2. The monoisotopic (exact) mass is 184 g/mol. The van der Waals surface area contributed by atoms with Crippen molar-refractivity contribution in [2.75, 3.05) is 13.6 Å². The molecule has 1 rings (SSSR count). The summed E-state index contributed by atoms with van der Waals surface area (Å²) < 4.78 is 0. The summed E-state index contributed by atoms with van der Waals surface area (Å²) >= 11 is 0. The van der Waals surface area contributed by atoms with Gasteiger partial charge in [0.2, 0.25) is 0 Å². The van der Waals surface area contributed by atoms with Crippen LogP contribution in [0.4, 0.5) is 4.79 Å². The molecule has 0 atom stereocenters. The number of ketones is 1. The van der Waals surface area contributed by atoms with E-state index in [1.54, 1.807) is 0 Å². The van der Waals surface area contributed by atoms with Crippen LogP contribution in [-0.4, -0.2) is 47.0 Å². The van der Waals surface area contributed by atoms with Gasteiger partial charge >= 0.3 is 17.8 Å². The topological polar surface area (TPSA) is 74.8 Å². The lowest BCUT2D eigenvalue weighted by molar-refractivity contribution is -0.143. The van der Waals surface area contributed by atoms with Crippen LogP contribution >= 0.6 is 0 Å². The number of rotatable bonds is 2. The summed E-state index contributed by atoms with van der Waals surface area (Å²) in [5.74, 6) is -2.18. The van der Waals surface area contributed by atoms with E-state index >= 15 is 0 Å². The standard InChI is InChI=1S/C7H8N2O4/c1-4(10)3-9-6(12)5(11)8(2)7(9)13/h3H2,1-2H3. The largest absolute Gasteiger partial charge is 0.334 e. The Morgan fingerprint density at radius 1 is 1.23 bits per heavy atom. The molecule has 1 heterocycles. The van der Waals surface area contributed by atoms with Crippen LogP contribution in [-0.2, 0) is 14.4 Å². The number of nitrogens with zero attached hydrogens (tertiary/aromatic N) is 2. The maximum absolute atomic E-state index is 11.1. The zero-order chi connectivity index (χ0) is 10.2. The molecule has 13 heavy (non-hydrogen) atoms. The zero-order valence-corrected chi connectivity index (χ0v) is 7.23. The van der Waals surface area contributed by atoms with Gasteiger partial charge in [0, 0.05) is 7.05 Å². The van der Waals surface area contributed by atoms with Crippen LogP contribution in [0, 0.1) is 0 Å². The molecule has 0 aromatic carbocycles. The van der Waals surface area contributed by atoms with Crippen molar-refractivity contribution in [2.24, 2.45) is 0 Å². The van der Waals surface area contributed by atoms with Gasteiger partial charge in [-0.15, -0.1) is 0 Å². The highest BCUT2D eigenvalue weighted by molar-refractivity contribution is 6.44. The Morgan fingerprint density at radius 2 is 1.77 bits per heavy atom. The number of carbonyl (C=O) groups is 4. The highest BCUT2D eigenvalue weighted by Gasteiger charge is 2.42. The van der Waals surface area contributed by atoms with Crippen LogP contribution < -0.4 is 0 Å². The molecule has 0 aromatic heterocycles. The van der Waals surface area contributed by atoms with Crippen molar-refractivity contribution >= 4 is 23.6 Å². The summed E-state index contributed by atoms with van der Waals surface area (Å²) in [5.41, 5.74) is 0. The predicted octanol–water partition coefficient (Wildman–Crippen LogP) is -1.00. The molecule has 1 saturated heterocycles. The molecular weight excluding hydrogens is 176 g/mol. The fraction of sp³-hybridized carbons (Fsp3) is 0.429. The molecule has 1 aliphatic heterocycles. The molecule has 0 aliphatic carbocycles. The molecule has 6 nitrogen and oxygen atoms in total. The highest BCUT2D eigenvalue weighted by Crippen LogP contribution is 2.08. The normalized spacial score (nSPS) is 17.2. The molecule has 0 bridgehead atoms. The summed E-state index contributed by atoms with van der Waals surface area (Å²) in [5, 5.41) is 0. The van der Waals surface area contributed by atoms with E-state index in [2.05, 4.69) is 0 Å². The number of amides is 4. The first-order valence-electron chi connectivity index (χ1n) is 3.58. The van der Waals surface area contributed by atoms with Crippen molar-refractivity contribution in [3.05, 3.63) is 0 Å². The van der Waals surface area contributed by atoms with Crippen molar-refractivity contribution in [1.82, 2.24) is 9.80 Å². The van der Waals surface area contributed by atoms with Crippen molar-refractivity contribution in [3.8, 4) is 0 Å². The maximum Gasteiger partial charge on any atom is 0.334 e. The van der Waals surface area contributed by atoms with Crippen LogP contribution in [0.15, 0.2) is 0 Å². The summed E-state index contributed by atoms with van der Waals surface area (Å²) in [6, 6.07) is -0.745. The fourth-order valence-electron chi connectivity index (χ4n) is 0.976. The van der Waals surface area contributed by atoms with Crippen molar-refractivity contribution < 1.29 is 19.2 Å². The minimum Gasteiger partial charge on any atom is -0.298 e. The smallest absolute Gasteiger partial charge is 0.298 e. The zero-order valence-electron chi connectivity index (χ0n) is 7.23. The Morgan fingerprint density at radius 3 is 2.08 bits per heavy atom.